The van der Waals surface area contributed by atoms with Crippen molar-refractivity contribution in [1.29, 1.82) is 0 Å². The molecular formula is C14H30O2. The van der Waals surface area contributed by atoms with Crippen LogP contribution in [0, 0.1) is 23.2 Å². The van der Waals surface area contributed by atoms with E-state index >= 15 is 0 Å². The smallest absolute Gasteiger partial charge is 0.0496 e. The average Bonchev–Trinajstić information content (AvgIpc) is 2.10. The molecule has 0 radical (unpaired) electrons. The minimum Gasteiger partial charge on any atom is -0.384 e. The Morgan fingerprint density at radius 3 is 1.75 bits per heavy atom. The molecule has 0 aliphatic rings. The summed E-state index contributed by atoms with van der Waals surface area (Å²) in [5.74, 6) is 1.82. The third-order valence-corrected chi connectivity index (χ3v) is 3.08. The van der Waals surface area contributed by atoms with Crippen LogP contribution in [0.25, 0.3) is 0 Å². The highest BCUT2D eigenvalue weighted by molar-refractivity contribution is 4.77. The summed E-state index contributed by atoms with van der Waals surface area (Å²) in [7, 11) is 3.58. The van der Waals surface area contributed by atoms with Gasteiger partial charge in [-0.1, -0.05) is 34.6 Å². The fourth-order valence-corrected chi connectivity index (χ4v) is 2.40. The van der Waals surface area contributed by atoms with E-state index in [-0.39, 0.29) is 0 Å². The molecule has 0 N–H and O–H groups in total. The minimum absolute atomic E-state index is 0.351. The van der Waals surface area contributed by atoms with E-state index in [4.69, 9.17) is 9.47 Å². The summed E-state index contributed by atoms with van der Waals surface area (Å²) in [4.78, 5) is 0. The molecule has 2 atom stereocenters. The zero-order valence-corrected chi connectivity index (χ0v) is 12.2. The van der Waals surface area contributed by atoms with Crippen molar-refractivity contribution in [2.24, 2.45) is 23.2 Å². The van der Waals surface area contributed by atoms with Gasteiger partial charge in [0, 0.05) is 27.4 Å². The Morgan fingerprint density at radius 2 is 1.44 bits per heavy atom. The van der Waals surface area contributed by atoms with Crippen molar-refractivity contribution < 1.29 is 9.47 Å². The molecule has 0 saturated heterocycles. The molecule has 16 heavy (non-hydrogen) atoms. The van der Waals surface area contributed by atoms with Crippen molar-refractivity contribution in [3.8, 4) is 0 Å². The van der Waals surface area contributed by atoms with E-state index in [1.807, 2.05) is 0 Å². The largest absolute Gasteiger partial charge is 0.384 e. The van der Waals surface area contributed by atoms with Gasteiger partial charge >= 0.3 is 0 Å². The third-order valence-electron chi connectivity index (χ3n) is 3.08. The molecule has 0 spiro atoms. The van der Waals surface area contributed by atoms with Gasteiger partial charge < -0.3 is 9.47 Å². The van der Waals surface area contributed by atoms with E-state index in [0.717, 1.165) is 13.2 Å². The van der Waals surface area contributed by atoms with Gasteiger partial charge in [0.15, 0.2) is 0 Å². The van der Waals surface area contributed by atoms with Crippen LogP contribution in [0.3, 0.4) is 0 Å². The van der Waals surface area contributed by atoms with Gasteiger partial charge in [-0.2, -0.15) is 0 Å². The molecule has 0 heterocycles. The van der Waals surface area contributed by atoms with Crippen LogP contribution in [0.15, 0.2) is 0 Å². The summed E-state index contributed by atoms with van der Waals surface area (Å²) in [5, 5.41) is 0. The van der Waals surface area contributed by atoms with Crippen molar-refractivity contribution in [2.45, 2.75) is 41.0 Å². The number of hydrogen-bond acceptors (Lipinski definition) is 2. The van der Waals surface area contributed by atoms with Crippen molar-refractivity contribution in [3.63, 3.8) is 0 Å². The Labute approximate surface area is 102 Å². The molecule has 0 aromatic carbocycles. The standard InChI is InChI=1S/C14H30O2/c1-11(2)13(10-16-7)12(9-15-6)8-14(3,4)5/h11-13H,8-10H2,1-7H3. The predicted molar refractivity (Wildman–Crippen MR) is 69.6 cm³/mol. The molecule has 0 amide bonds. The lowest BCUT2D eigenvalue weighted by molar-refractivity contribution is 0.0297. The number of ether oxygens (including phenoxy) is 2. The topological polar surface area (TPSA) is 18.5 Å². The quantitative estimate of drug-likeness (QED) is 0.665. The van der Waals surface area contributed by atoms with Gasteiger partial charge in [-0.15, -0.1) is 0 Å². The first kappa shape index (κ1) is 15.9. The van der Waals surface area contributed by atoms with Crippen LogP contribution >= 0.6 is 0 Å². The lowest BCUT2D eigenvalue weighted by atomic mass is 9.75. The molecule has 0 bridgehead atoms. The van der Waals surface area contributed by atoms with Crippen molar-refractivity contribution in [2.75, 3.05) is 27.4 Å². The monoisotopic (exact) mass is 230 g/mol. The van der Waals surface area contributed by atoms with Gasteiger partial charge in [-0.25, -0.2) is 0 Å². The SMILES string of the molecule is COCC(CC(C)(C)C)C(COC)C(C)C. The molecule has 0 rings (SSSR count). The molecule has 2 heteroatoms. The normalized spacial score (nSPS) is 16.5. The molecule has 0 aromatic heterocycles. The van der Waals surface area contributed by atoms with Gasteiger partial charge in [0.05, 0.1) is 0 Å². The Kier molecular flexibility index (Phi) is 7.25. The molecule has 2 nitrogen and oxygen atoms in total. The summed E-state index contributed by atoms with van der Waals surface area (Å²) >= 11 is 0. The highest BCUT2D eigenvalue weighted by Gasteiger charge is 2.28. The molecule has 0 aromatic rings. The first-order valence-electron chi connectivity index (χ1n) is 6.29. The molecule has 2 unspecified atom stereocenters. The Bertz CT molecular complexity index is 170. The highest BCUT2D eigenvalue weighted by atomic mass is 16.5. The first-order valence-corrected chi connectivity index (χ1v) is 6.29. The second kappa shape index (κ2) is 7.29. The van der Waals surface area contributed by atoms with Crippen LogP contribution in [0.2, 0.25) is 0 Å². The molecule has 0 aliphatic heterocycles. The zero-order valence-electron chi connectivity index (χ0n) is 12.2. The fraction of sp³-hybridized carbons (Fsp3) is 1.00. The van der Waals surface area contributed by atoms with Gasteiger partial charge in [-0.05, 0) is 29.6 Å². The van der Waals surface area contributed by atoms with Gasteiger partial charge in [0.25, 0.3) is 0 Å². The van der Waals surface area contributed by atoms with E-state index < -0.39 is 0 Å². The van der Waals surface area contributed by atoms with E-state index in [2.05, 4.69) is 34.6 Å². The fourth-order valence-electron chi connectivity index (χ4n) is 2.40. The van der Waals surface area contributed by atoms with Crippen LogP contribution in [0.4, 0.5) is 0 Å². The predicted octanol–water partition coefficient (Wildman–Crippen LogP) is 3.60. The van der Waals surface area contributed by atoms with Crippen molar-refractivity contribution in [3.05, 3.63) is 0 Å². The average molecular weight is 230 g/mol. The minimum atomic E-state index is 0.351. The van der Waals surface area contributed by atoms with Gasteiger partial charge in [0.2, 0.25) is 0 Å². The maximum atomic E-state index is 5.37. The van der Waals surface area contributed by atoms with Crippen molar-refractivity contribution in [1.82, 2.24) is 0 Å². The van der Waals surface area contributed by atoms with Crippen LogP contribution in [0.5, 0.6) is 0 Å². The molecule has 0 aliphatic carbocycles. The van der Waals surface area contributed by atoms with Crippen molar-refractivity contribution >= 4 is 0 Å². The van der Waals surface area contributed by atoms with E-state index in [9.17, 15) is 0 Å². The number of rotatable bonds is 7. The number of hydrogen-bond donors (Lipinski definition) is 0. The summed E-state index contributed by atoms with van der Waals surface area (Å²) in [6.45, 7) is 13.1. The van der Waals surface area contributed by atoms with Crippen LogP contribution < -0.4 is 0 Å². The lowest BCUT2D eigenvalue weighted by Crippen LogP contribution is -2.31. The van der Waals surface area contributed by atoms with E-state index in [1.165, 1.54) is 6.42 Å². The van der Waals surface area contributed by atoms with Crippen LogP contribution in [-0.2, 0) is 9.47 Å². The Morgan fingerprint density at radius 1 is 0.938 bits per heavy atom. The molecule has 0 saturated carbocycles. The summed E-state index contributed by atoms with van der Waals surface area (Å²) < 4.78 is 10.7. The highest BCUT2D eigenvalue weighted by Crippen LogP contribution is 2.32. The third kappa shape index (κ3) is 6.49. The van der Waals surface area contributed by atoms with Crippen LogP contribution in [-0.4, -0.2) is 27.4 Å². The van der Waals surface area contributed by atoms with E-state index in [1.54, 1.807) is 14.2 Å². The van der Waals surface area contributed by atoms with Gasteiger partial charge in [0.1, 0.15) is 0 Å². The van der Waals surface area contributed by atoms with E-state index in [0.29, 0.717) is 23.2 Å². The second-order valence-corrected chi connectivity index (χ2v) is 6.34. The number of methoxy groups -OCH3 is 2. The maximum absolute atomic E-state index is 5.37. The van der Waals surface area contributed by atoms with Crippen LogP contribution in [0.1, 0.15) is 41.0 Å². The molecule has 98 valence electrons. The summed E-state index contributed by atoms with van der Waals surface area (Å²) in [6.07, 6.45) is 1.19. The lowest BCUT2D eigenvalue weighted by Gasteiger charge is -2.33. The Hall–Kier alpha value is -0.0800. The molecule has 0 fully saturated rings. The molecular weight excluding hydrogens is 200 g/mol. The Balaban J connectivity index is 4.56. The maximum Gasteiger partial charge on any atom is 0.0496 e. The summed E-state index contributed by atoms with van der Waals surface area (Å²) in [5.41, 5.74) is 0.351. The zero-order chi connectivity index (χ0) is 12.8. The second-order valence-electron chi connectivity index (χ2n) is 6.34. The van der Waals surface area contributed by atoms with Gasteiger partial charge in [-0.3, -0.25) is 0 Å². The summed E-state index contributed by atoms with van der Waals surface area (Å²) in [6, 6.07) is 0. The first-order chi connectivity index (χ1) is 7.31.